The van der Waals surface area contributed by atoms with Gasteiger partial charge in [0.2, 0.25) is 0 Å². The Morgan fingerprint density at radius 2 is 0.400 bits per heavy atom. The molecule has 0 N–H and O–H groups in total. The third-order valence-electron chi connectivity index (χ3n) is 2.41. The van der Waals surface area contributed by atoms with Crippen molar-refractivity contribution < 1.29 is 0 Å². The van der Waals surface area contributed by atoms with E-state index in [0.717, 1.165) is 0 Å². The van der Waals surface area contributed by atoms with Crippen LogP contribution in [0.4, 0.5) is 0 Å². The van der Waals surface area contributed by atoms with E-state index in [9.17, 15) is 0 Å². The predicted octanol–water partition coefficient (Wildman–Crippen LogP) is 11.6. The van der Waals surface area contributed by atoms with Crippen molar-refractivity contribution in [2.45, 2.75) is 128 Å². The Morgan fingerprint density at radius 3 is 0.486 bits per heavy atom. The standard InChI is InChI=1S/C20H45N5S10/c1-16(2,3)26-21-31-22(27-17(4,5)6)33-24(29-19(10,11)12)35-25(30-20(13,14)15)34-23(32-21)28-18(7,8)9/h1-15H3. The molecule has 0 amide bonds. The molecule has 15 heteroatoms. The van der Waals surface area contributed by atoms with Gasteiger partial charge in [0.1, 0.15) is 0 Å². The average Bonchev–Trinajstić information content (AvgIpc) is 2.44. The van der Waals surface area contributed by atoms with Crippen molar-refractivity contribution in [3.8, 4) is 0 Å². The van der Waals surface area contributed by atoms with E-state index in [-0.39, 0.29) is 23.7 Å². The molecule has 0 radical (unpaired) electrons. The van der Waals surface area contributed by atoms with E-state index in [1.165, 1.54) is 0 Å². The zero-order chi connectivity index (χ0) is 27.5. The van der Waals surface area contributed by atoms with Crippen LogP contribution in [0.1, 0.15) is 104 Å². The van der Waals surface area contributed by atoms with Gasteiger partial charge in [-0.2, -0.15) is 0 Å². The van der Waals surface area contributed by atoms with Crippen LogP contribution in [-0.4, -0.2) is 39.3 Å². The molecule has 5 nitrogen and oxygen atoms in total. The molecular weight excluding hydrogens is 631 g/mol. The fourth-order valence-electron chi connectivity index (χ4n) is 1.63. The van der Waals surface area contributed by atoms with E-state index < -0.39 is 0 Å². The second kappa shape index (κ2) is 14.5. The molecule has 0 atom stereocenters. The van der Waals surface area contributed by atoms with Crippen LogP contribution in [-0.2, 0) is 0 Å². The number of rotatable bonds is 5. The van der Waals surface area contributed by atoms with Gasteiger partial charge in [-0.05, 0) is 164 Å². The smallest absolute Gasteiger partial charge is 0.0561 e. The molecule has 1 fully saturated rings. The maximum absolute atomic E-state index is 2.35. The highest BCUT2D eigenvalue weighted by Crippen LogP contribution is 2.59. The summed E-state index contributed by atoms with van der Waals surface area (Å²) in [5, 5.41) is 0. The molecule has 1 aliphatic heterocycles. The summed E-state index contributed by atoms with van der Waals surface area (Å²) >= 11 is 18.2. The molecule has 0 aromatic rings. The second-order valence-corrected chi connectivity index (χ2v) is 29.3. The van der Waals surface area contributed by atoms with Crippen molar-refractivity contribution in [1.29, 1.82) is 0 Å². The fraction of sp³-hybridized carbons (Fsp3) is 1.00. The summed E-state index contributed by atoms with van der Waals surface area (Å²) in [4.78, 5) is 0. The van der Waals surface area contributed by atoms with Crippen molar-refractivity contribution in [2.75, 3.05) is 0 Å². The molecule has 0 aromatic carbocycles. The van der Waals surface area contributed by atoms with Crippen LogP contribution in [0.2, 0.25) is 0 Å². The first-order valence-electron chi connectivity index (χ1n) is 11.3. The zero-order valence-electron chi connectivity index (χ0n) is 23.8. The van der Waals surface area contributed by atoms with Crippen LogP contribution in [0.3, 0.4) is 0 Å². The maximum Gasteiger partial charge on any atom is 0.0561 e. The van der Waals surface area contributed by atoms with Gasteiger partial charge in [-0.15, -0.1) is 15.6 Å². The predicted molar refractivity (Wildman–Crippen MR) is 184 cm³/mol. The normalized spacial score (nSPS) is 21.0. The number of hydrogen-bond donors (Lipinski definition) is 0. The Morgan fingerprint density at radius 1 is 0.286 bits per heavy atom. The summed E-state index contributed by atoms with van der Waals surface area (Å²) in [5.74, 6) is 0. The van der Waals surface area contributed by atoms with Crippen LogP contribution >= 0.6 is 120 Å². The van der Waals surface area contributed by atoms with Crippen molar-refractivity contribution in [1.82, 2.24) is 15.6 Å². The molecule has 1 heterocycles. The minimum atomic E-state index is 0.0873. The lowest BCUT2D eigenvalue weighted by molar-refractivity contribution is 0.780. The summed E-state index contributed by atoms with van der Waals surface area (Å²) < 4.78 is 12.2. The van der Waals surface area contributed by atoms with Gasteiger partial charge in [0, 0.05) is 23.7 Å². The third kappa shape index (κ3) is 19.9. The Balaban J connectivity index is 3.46. The molecule has 0 saturated carbocycles. The molecule has 0 unspecified atom stereocenters. The molecule has 35 heavy (non-hydrogen) atoms. The second-order valence-electron chi connectivity index (χ2n) is 12.5. The largest absolute Gasteiger partial charge is 0.104 e. The van der Waals surface area contributed by atoms with Gasteiger partial charge in [0.05, 0.1) is 60.7 Å². The first-order chi connectivity index (χ1) is 15.4. The van der Waals surface area contributed by atoms with E-state index >= 15 is 0 Å². The lowest BCUT2D eigenvalue weighted by atomic mass is 10.3. The third-order valence-corrected chi connectivity index (χ3v) is 13.5. The van der Waals surface area contributed by atoms with Gasteiger partial charge in [0.15, 0.2) is 0 Å². The molecular formula is C20H45N5S10. The van der Waals surface area contributed by atoms with E-state index in [1.54, 1.807) is 60.7 Å². The Hall–Kier alpha value is 3.30. The van der Waals surface area contributed by atoms with Gasteiger partial charge in [0.25, 0.3) is 0 Å². The molecule has 0 aromatic heterocycles. The minimum absolute atomic E-state index is 0.0873. The SMILES string of the molecule is CC(C)(C)SN1SN(SC(C)(C)C)SN(SC(C)(C)C)SN(SC(C)(C)C)SN(SC(C)(C)C)S1. The molecule has 0 aliphatic carbocycles. The van der Waals surface area contributed by atoms with Crippen LogP contribution < -0.4 is 0 Å². The molecule has 210 valence electrons. The van der Waals surface area contributed by atoms with Crippen molar-refractivity contribution >= 4 is 120 Å². The average molecular weight is 676 g/mol. The van der Waals surface area contributed by atoms with E-state index in [2.05, 4.69) is 119 Å². The summed E-state index contributed by atoms with van der Waals surface area (Å²) in [6, 6.07) is 0. The highest BCUT2D eigenvalue weighted by molar-refractivity contribution is 8.41. The minimum Gasteiger partial charge on any atom is -0.104 e. The zero-order valence-corrected chi connectivity index (χ0v) is 32.0. The molecule has 0 spiro atoms. The summed E-state index contributed by atoms with van der Waals surface area (Å²) in [6.45, 7) is 34.2. The summed E-state index contributed by atoms with van der Waals surface area (Å²) in [5.41, 5.74) is 0. The van der Waals surface area contributed by atoms with E-state index in [1.807, 2.05) is 59.7 Å². The Bertz CT molecular complexity index is 499. The summed E-state index contributed by atoms with van der Waals surface area (Å²) in [6.07, 6.45) is 0. The number of hydrogen-bond acceptors (Lipinski definition) is 15. The monoisotopic (exact) mass is 675 g/mol. The van der Waals surface area contributed by atoms with Gasteiger partial charge in [-0.1, -0.05) is 0 Å². The van der Waals surface area contributed by atoms with Crippen molar-refractivity contribution in [2.24, 2.45) is 0 Å². The van der Waals surface area contributed by atoms with Crippen molar-refractivity contribution in [3.05, 3.63) is 0 Å². The summed E-state index contributed by atoms with van der Waals surface area (Å²) in [7, 11) is 0. The lowest BCUT2D eigenvalue weighted by Gasteiger charge is -2.40. The highest BCUT2D eigenvalue weighted by atomic mass is 32.4. The van der Waals surface area contributed by atoms with Crippen LogP contribution in [0, 0.1) is 0 Å². The molecule has 1 saturated heterocycles. The van der Waals surface area contributed by atoms with Crippen molar-refractivity contribution in [3.63, 3.8) is 0 Å². The Kier molecular flexibility index (Phi) is 15.0. The van der Waals surface area contributed by atoms with Crippen LogP contribution in [0.5, 0.6) is 0 Å². The van der Waals surface area contributed by atoms with Crippen LogP contribution in [0.25, 0.3) is 0 Å². The van der Waals surface area contributed by atoms with E-state index in [0.29, 0.717) is 0 Å². The molecule has 1 aliphatic rings. The quantitative estimate of drug-likeness (QED) is 0.257. The highest BCUT2D eigenvalue weighted by Gasteiger charge is 2.36. The molecule has 0 bridgehead atoms. The topological polar surface area (TPSA) is 16.2 Å². The fourth-order valence-corrected chi connectivity index (χ4v) is 19.6. The van der Waals surface area contributed by atoms with Gasteiger partial charge in [-0.3, -0.25) is 0 Å². The maximum atomic E-state index is 2.35. The molecule has 1 rings (SSSR count). The van der Waals surface area contributed by atoms with Crippen LogP contribution in [0.15, 0.2) is 0 Å². The van der Waals surface area contributed by atoms with Gasteiger partial charge < -0.3 is 0 Å². The van der Waals surface area contributed by atoms with Gasteiger partial charge in [-0.25, -0.2) is 0 Å². The van der Waals surface area contributed by atoms with E-state index in [4.69, 9.17) is 0 Å². The lowest BCUT2D eigenvalue weighted by Crippen LogP contribution is -2.27. The van der Waals surface area contributed by atoms with Gasteiger partial charge >= 0.3 is 0 Å². The first-order valence-corrected chi connectivity index (χ1v) is 18.8. The Labute approximate surface area is 261 Å². The number of nitrogens with zero attached hydrogens (tertiary/aromatic N) is 5. The first kappa shape index (κ1) is 36.3.